The van der Waals surface area contributed by atoms with Gasteiger partial charge in [0, 0.05) is 0 Å². The molecule has 0 bridgehead atoms. The standard InChI is InChI=1S/C11H17N3O3/c1-7(2)9(10(15)17-4)14-11-12-5-8(16-3)6-13-11/h5-7,9H,1-4H3,(H,12,13,14). The van der Waals surface area contributed by atoms with Crippen LogP contribution in [0.2, 0.25) is 0 Å². The molecule has 0 aliphatic carbocycles. The van der Waals surface area contributed by atoms with Crippen LogP contribution < -0.4 is 10.1 Å². The van der Waals surface area contributed by atoms with E-state index in [0.717, 1.165) is 0 Å². The summed E-state index contributed by atoms with van der Waals surface area (Å²) in [6.07, 6.45) is 3.06. The van der Waals surface area contributed by atoms with Crippen LogP contribution >= 0.6 is 0 Å². The highest BCUT2D eigenvalue weighted by Gasteiger charge is 2.23. The van der Waals surface area contributed by atoms with Gasteiger partial charge in [0.05, 0.1) is 26.6 Å². The van der Waals surface area contributed by atoms with Crippen molar-refractivity contribution >= 4 is 11.9 Å². The highest BCUT2D eigenvalue weighted by Crippen LogP contribution is 2.12. The summed E-state index contributed by atoms with van der Waals surface area (Å²) in [5.41, 5.74) is 0. The Balaban J connectivity index is 2.75. The largest absolute Gasteiger partial charge is 0.494 e. The fourth-order valence-electron chi connectivity index (χ4n) is 1.26. The second kappa shape index (κ2) is 6.03. The van der Waals surface area contributed by atoms with Gasteiger partial charge in [-0.15, -0.1) is 0 Å². The molecule has 1 atom stereocenters. The van der Waals surface area contributed by atoms with E-state index in [1.807, 2.05) is 13.8 Å². The van der Waals surface area contributed by atoms with Crippen molar-refractivity contribution in [3.05, 3.63) is 12.4 Å². The molecule has 1 heterocycles. The zero-order chi connectivity index (χ0) is 12.8. The van der Waals surface area contributed by atoms with E-state index >= 15 is 0 Å². The van der Waals surface area contributed by atoms with E-state index in [0.29, 0.717) is 11.7 Å². The second-order valence-electron chi connectivity index (χ2n) is 3.84. The number of nitrogens with one attached hydrogen (secondary N) is 1. The van der Waals surface area contributed by atoms with Gasteiger partial charge in [0.1, 0.15) is 6.04 Å². The Morgan fingerprint density at radius 2 is 1.88 bits per heavy atom. The Labute approximate surface area is 100 Å². The molecule has 6 heteroatoms. The van der Waals surface area contributed by atoms with Crippen molar-refractivity contribution in [1.29, 1.82) is 0 Å². The molecule has 1 N–H and O–H groups in total. The van der Waals surface area contributed by atoms with Gasteiger partial charge >= 0.3 is 5.97 Å². The Kier molecular flexibility index (Phi) is 4.68. The van der Waals surface area contributed by atoms with Crippen LogP contribution in [0.1, 0.15) is 13.8 Å². The molecule has 0 aliphatic rings. The quantitative estimate of drug-likeness (QED) is 0.775. The van der Waals surface area contributed by atoms with Crippen molar-refractivity contribution in [3.8, 4) is 5.75 Å². The minimum atomic E-state index is -0.464. The maximum atomic E-state index is 11.5. The first-order valence-corrected chi connectivity index (χ1v) is 5.29. The van der Waals surface area contributed by atoms with Crippen molar-refractivity contribution in [2.45, 2.75) is 19.9 Å². The van der Waals surface area contributed by atoms with Crippen molar-refractivity contribution < 1.29 is 14.3 Å². The number of nitrogens with zero attached hydrogens (tertiary/aromatic N) is 2. The van der Waals surface area contributed by atoms with E-state index in [9.17, 15) is 4.79 Å². The van der Waals surface area contributed by atoms with Crippen LogP contribution in [0.4, 0.5) is 5.95 Å². The van der Waals surface area contributed by atoms with Crippen LogP contribution in [0.15, 0.2) is 12.4 Å². The van der Waals surface area contributed by atoms with Gasteiger partial charge in [-0.3, -0.25) is 0 Å². The molecule has 17 heavy (non-hydrogen) atoms. The third-order valence-electron chi connectivity index (χ3n) is 2.27. The van der Waals surface area contributed by atoms with Crippen LogP contribution in [-0.2, 0) is 9.53 Å². The number of aromatic nitrogens is 2. The number of ether oxygens (including phenoxy) is 2. The summed E-state index contributed by atoms with van der Waals surface area (Å²) in [5, 5.41) is 2.93. The number of hydrogen-bond acceptors (Lipinski definition) is 6. The molecule has 1 aromatic heterocycles. The predicted molar refractivity (Wildman–Crippen MR) is 62.8 cm³/mol. The summed E-state index contributed by atoms with van der Waals surface area (Å²) in [5.74, 6) is 0.678. The smallest absolute Gasteiger partial charge is 0.328 e. The summed E-state index contributed by atoms with van der Waals surface area (Å²) < 4.78 is 9.65. The number of carbonyl (C=O) groups is 1. The highest BCUT2D eigenvalue weighted by atomic mass is 16.5. The van der Waals surface area contributed by atoms with Crippen LogP contribution in [-0.4, -0.2) is 36.2 Å². The SMILES string of the molecule is COC(=O)C(Nc1ncc(OC)cn1)C(C)C. The Bertz CT molecular complexity index is 365. The maximum Gasteiger partial charge on any atom is 0.328 e. The summed E-state index contributed by atoms with van der Waals surface area (Å²) >= 11 is 0. The van der Waals surface area contributed by atoms with E-state index in [-0.39, 0.29) is 11.9 Å². The van der Waals surface area contributed by atoms with E-state index < -0.39 is 6.04 Å². The number of esters is 1. The molecule has 1 unspecified atom stereocenters. The van der Waals surface area contributed by atoms with E-state index in [1.165, 1.54) is 26.6 Å². The van der Waals surface area contributed by atoms with Crippen molar-refractivity contribution in [1.82, 2.24) is 9.97 Å². The summed E-state index contributed by atoms with van der Waals surface area (Å²) in [4.78, 5) is 19.6. The molecule has 0 saturated carbocycles. The molecule has 0 saturated heterocycles. The average Bonchev–Trinajstić information content (AvgIpc) is 2.35. The van der Waals surface area contributed by atoms with E-state index in [4.69, 9.17) is 9.47 Å². The maximum absolute atomic E-state index is 11.5. The van der Waals surface area contributed by atoms with Crippen LogP contribution in [0.3, 0.4) is 0 Å². The molecule has 0 aromatic carbocycles. The van der Waals surface area contributed by atoms with Gasteiger partial charge in [-0.05, 0) is 5.92 Å². The van der Waals surface area contributed by atoms with E-state index in [1.54, 1.807) is 0 Å². The lowest BCUT2D eigenvalue weighted by Gasteiger charge is -2.19. The number of hydrogen-bond donors (Lipinski definition) is 1. The number of carbonyl (C=O) groups excluding carboxylic acids is 1. The second-order valence-corrected chi connectivity index (χ2v) is 3.84. The summed E-state index contributed by atoms with van der Waals surface area (Å²) in [6, 6.07) is -0.464. The molecule has 0 radical (unpaired) electrons. The molecule has 0 amide bonds. The first-order chi connectivity index (χ1) is 8.08. The molecule has 0 aliphatic heterocycles. The number of rotatable bonds is 5. The number of methoxy groups -OCH3 is 2. The molecule has 6 nitrogen and oxygen atoms in total. The van der Waals surface area contributed by atoms with E-state index in [2.05, 4.69) is 15.3 Å². The van der Waals surface area contributed by atoms with Gasteiger partial charge < -0.3 is 14.8 Å². The normalized spacial score (nSPS) is 12.1. The zero-order valence-corrected chi connectivity index (χ0v) is 10.4. The lowest BCUT2D eigenvalue weighted by atomic mass is 10.1. The first kappa shape index (κ1) is 13.2. The molecule has 1 rings (SSSR count). The molecule has 1 aromatic rings. The lowest BCUT2D eigenvalue weighted by molar-refractivity contribution is -0.142. The predicted octanol–water partition coefficient (Wildman–Crippen LogP) is 1.09. The average molecular weight is 239 g/mol. The monoisotopic (exact) mass is 239 g/mol. The Morgan fingerprint density at radius 3 is 2.29 bits per heavy atom. The van der Waals surface area contributed by atoms with Gasteiger partial charge in [0.15, 0.2) is 5.75 Å². The molecule has 0 spiro atoms. The third kappa shape index (κ3) is 3.58. The highest BCUT2D eigenvalue weighted by molar-refractivity contribution is 5.78. The Hall–Kier alpha value is -1.85. The van der Waals surface area contributed by atoms with Crippen molar-refractivity contribution in [2.24, 2.45) is 5.92 Å². The van der Waals surface area contributed by atoms with Gasteiger partial charge in [0.25, 0.3) is 0 Å². The topological polar surface area (TPSA) is 73.3 Å². The van der Waals surface area contributed by atoms with Gasteiger partial charge in [0.2, 0.25) is 5.95 Å². The van der Waals surface area contributed by atoms with Crippen molar-refractivity contribution in [2.75, 3.05) is 19.5 Å². The fraction of sp³-hybridized carbons (Fsp3) is 0.545. The fourth-order valence-corrected chi connectivity index (χ4v) is 1.26. The summed E-state index contributed by atoms with van der Waals surface area (Å²) in [6.45, 7) is 3.83. The van der Waals surface area contributed by atoms with Gasteiger partial charge in [-0.25, -0.2) is 14.8 Å². The molecule has 0 fully saturated rings. The minimum Gasteiger partial charge on any atom is -0.494 e. The zero-order valence-electron chi connectivity index (χ0n) is 10.4. The number of anilines is 1. The van der Waals surface area contributed by atoms with Crippen LogP contribution in [0, 0.1) is 5.92 Å². The minimum absolute atomic E-state index is 0.0770. The summed E-state index contributed by atoms with van der Waals surface area (Å²) in [7, 11) is 2.89. The molecule has 94 valence electrons. The Morgan fingerprint density at radius 1 is 1.29 bits per heavy atom. The van der Waals surface area contributed by atoms with Crippen molar-refractivity contribution in [3.63, 3.8) is 0 Å². The molecular weight excluding hydrogens is 222 g/mol. The van der Waals surface area contributed by atoms with Gasteiger partial charge in [-0.1, -0.05) is 13.8 Å². The first-order valence-electron chi connectivity index (χ1n) is 5.29. The van der Waals surface area contributed by atoms with Crippen LogP contribution in [0.5, 0.6) is 5.75 Å². The molecular formula is C11H17N3O3. The third-order valence-corrected chi connectivity index (χ3v) is 2.27. The van der Waals surface area contributed by atoms with Crippen LogP contribution in [0.25, 0.3) is 0 Å². The lowest BCUT2D eigenvalue weighted by Crippen LogP contribution is -2.36. The van der Waals surface area contributed by atoms with Gasteiger partial charge in [-0.2, -0.15) is 0 Å².